The largest absolute Gasteiger partial charge is 0.0654 e. The van der Waals surface area contributed by atoms with E-state index in [9.17, 15) is 0 Å². The summed E-state index contributed by atoms with van der Waals surface area (Å²) >= 11 is 0. The lowest BCUT2D eigenvalue weighted by atomic mass is 9.87. The van der Waals surface area contributed by atoms with Crippen LogP contribution in [0.1, 0.15) is 59.8 Å². The minimum Gasteiger partial charge on any atom is -0.0654 e. The maximum atomic E-state index is 2.46. The highest BCUT2D eigenvalue weighted by Crippen LogP contribution is 2.40. The Labute approximate surface area is 84.1 Å². The van der Waals surface area contributed by atoms with Gasteiger partial charge in [0.25, 0.3) is 0 Å². The van der Waals surface area contributed by atoms with Crippen LogP contribution in [0.5, 0.6) is 0 Å². The Hall–Kier alpha value is 0. The Kier molecular flexibility index (Phi) is 4.28. The zero-order chi connectivity index (χ0) is 9.84. The van der Waals surface area contributed by atoms with Crippen molar-refractivity contribution < 1.29 is 0 Å². The molecule has 0 nitrogen and oxygen atoms in total. The van der Waals surface area contributed by atoms with Crippen molar-refractivity contribution in [2.45, 2.75) is 59.8 Å². The second-order valence-corrected chi connectivity index (χ2v) is 5.31. The molecule has 0 aromatic heterocycles. The summed E-state index contributed by atoms with van der Waals surface area (Å²) in [5, 5.41) is 0. The van der Waals surface area contributed by atoms with Gasteiger partial charge in [-0.15, -0.1) is 0 Å². The second kappa shape index (κ2) is 5.02. The Morgan fingerprint density at radius 1 is 1.15 bits per heavy atom. The fraction of sp³-hybridized carbons (Fsp3) is 1.00. The Morgan fingerprint density at radius 3 is 2.15 bits per heavy atom. The molecule has 1 aliphatic rings. The molecule has 1 aliphatic carbocycles. The third-order valence-electron chi connectivity index (χ3n) is 4.14. The molecule has 0 aromatic rings. The first kappa shape index (κ1) is 11.1. The van der Waals surface area contributed by atoms with Gasteiger partial charge in [-0.3, -0.25) is 0 Å². The monoisotopic (exact) mass is 182 g/mol. The van der Waals surface area contributed by atoms with E-state index in [1.54, 1.807) is 0 Å². The summed E-state index contributed by atoms with van der Waals surface area (Å²) in [6.45, 7) is 9.62. The smallest absolute Gasteiger partial charge is 0.0383 e. The topological polar surface area (TPSA) is 0 Å². The summed E-state index contributed by atoms with van der Waals surface area (Å²) in [4.78, 5) is 0. The minimum absolute atomic E-state index is 0.979. The van der Waals surface area contributed by atoms with Crippen molar-refractivity contribution in [1.29, 1.82) is 0 Å². The molecule has 4 atom stereocenters. The lowest BCUT2D eigenvalue weighted by Crippen LogP contribution is -2.08. The van der Waals surface area contributed by atoms with Gasteiger partial charge in [0.1, 0.15) is 0 Å². The van der Waals surface area contributed by atoms with E-state index in [1.165, 1.54) is 32.1 Å². The van der Waals surface area contributed by atoms with Crippen molar-refractivity contribution in [2.75, 3.05) is 0 Å². The molecule has 78 valence electrons. The quantitative estimate of drug-likeness (QED) is 0.600. The zero-order valence-corrected chi connectivity index (χ0v) is 9.84. The predicted molar refractivity (Wildman–Crippen MR) is 59.7 cm³/mol. The van der Waals surface area contributed by atoms with Crippen LogP contribution in [-0.4, -0.2) is 0 Å². The molecular weight excluding hydrogens is 156 g/mol. The molecular formula is C13H26. The highest BCUT2D eigenvalue weighted by Gasteiger charge is 2.30. The van der Waals surface area contributed by atoms with Gasteiger partial charge < -0.3 is 0 Å². The van der Waals surface area contributed by atoms with Crippen LogP contribution in [0.4, 0.5) is 0 Å². The van der Waals surface area contributed by atoms with Gasteiger partial charge in [0.2, 0.25) is 0 Å². The SMILES string of the molecule is CCCC[C@H](C)C1C[C@@H](C)[C@@H](C)C1. The normalized spacial score (nSPS) is 36.5. The van der Waals surface area contributed by atoms with Gasteiger partial charge in [0, 0.05) is 0 Å². The van der Waals surface area contributed by atoms with Crippen LogP contribution < -0.4 is 0 Å². The van der Waals surface area contributed by atoms with E-state index < -0.39 is 0 Å². The van der Waals surface area contributed by atoms with Gasteiger partial charge >= 0.3 is 0 Å². The lowest BCUT2D eigenvalue weighted by Gasteiger charge is -2.18. The van der Waals surface area contributed by atoms with Crippen molar-refractivity contribution in [2.24, 2.45) is 23.7 Å². The molecule has 0 spiro atoms. The molecule has 0 bridgehead atoms. The molecule has 0 N–H and O–H groups in total. The first-order chi connectivity index (χ1) is 6.15. The molecule has 0 heterocycles. The van der Waals surface area contributed by atoms with Crippen molar-refractivity contribution in [3.63, 3.8) is 0 Å². The number of unbranched alkanes of at least 4 members (excludes halogenated alkanes) is 1. The zero-order valence-electron chi connectivity index (χ0n) is 9.84. The molecule has 13 heavy (non-hydrogen) atoms. The first-order valence-electron chi connectivity index (χ1n) is 6.15. The predicted octanol–water partition coefficient (Wildman–Crippen LogP) is 4.49. The first-order valence-corrected chi connectivity index (χ1v) is 6.15. The Bertz CT molecular complexity index is 129. The molecule has 1 fully saturated rings. The fourth-order valence-electron chi connectivity index (χ4n) is 2.74. The third-order valence-corrected chi connectivity index (χ3v) is 4.14. The van der Waals surface area contributed by atoms with Crippen LogP contribution in [0.3, 0.4) is 0 Å². The van der Waals surface area contributed by atoms with Gasteiger partial charge in [-0.05, 0) is 36.5 Å². The summed E-state index contributed by atoms with van der Waals surface area (Å²) in [6.07, 6.45) is 7.24. The molecule has 0 aliphatic heterocycles. The van der Waals surface area contributed by atoms with E-state index in [0.717, 1.165) is 23.7 Å². The van der Waals surface area contributed by atoms with Gasteiger partial charge in [0.15, 0.2) is 0 Å². The maximum absolute atomic E-state index is 2.46. The van der Waals surface area contributed by atoms with Crippen molar-refractivity contribution in [3.05, 3.63) is 0 Å². The molecule has 0 saturated heterocycles. The molecule has 0 aromatic carbocycles. The van der Waals surface area contributed by atoms with E-state index in [2.05, 4.69) is 27.7 Å². The summed E-state index contributed by atoms with van der Waals surface area (Å²) in [5.41, 5.74) is 0. The second-order valence-electron chi connectivity index (χ2n) is 5.31. The van der Waals surface area contributed by atoms with E-state index >= 15 is 0 Å². The van der Waals surface area contributed by atoms with Gasteiger partial charge in [-0.2, -0.15) is 0 Å². The maximum Gasteiger partial charge on any atom is -0.0383 e. The van der Waals surface area contributed by atoms with Crippen molar-refractivity contribution in [1.82, 2.24) is 0 Å². The minimum atomic E-state index is 0.979. The molecule has 0 heteroatoms. The Balaban J connectivity index is 2.28. The van der Waals surface area contributed by atoms with Gasteiger partial charge in [0.05, 0.1) is 0 Å². The van der Waals surface area contributed by atoms with Crippen LogP contribution in [0.2, 0.25) is 0 Å². The third kappa shape index (κ3) is 3.00. The summed E-state index contributed by atoms with van der Waals surface area (Å²) < 4.78 is 0. The average molecular weight is 182 g/mol. The number of hydrogen-bond donors (Lipinski definition) is 0. The van der Waals surface area contributed by atoms with Crippen LogP contribution in [0.15, 0.2) is 0 Å². The molecule has 0 amide bonds. The summed E-state index contributed by atoms with van der Waals surface area (Å²) in [7, 11) is 0. The van der Waals surface area contributed by atoms with Gasteiger partial charge in [-0.25, -0.2) is 0 Å². The van der Waals surface area contributed by atoms with Crippen molar-refractivity contribution in [3.8, 4) is 0 Å². The van der Waals surface area contributed by atoms with Crippen molar-refractivity contribution >= 4 is 0 Å². The highest BCUT2D eigenvalue weighted by molar-refractivity contribution is 4.81. The average Bonchev–Trinajstić information content (AvgIpc) is 2.43. The lowest BCUT2D eigenvalue weighted by molar-refractivity contribution is 0.327. The van der Waals surface area contributed by atoms with Crippen LogP contribution >= 0.6 is 0 Å². The van der Waals surface area contributed by atoms with E-state index in [0.29, 0.717) is 0 Å². The molecule has 1 unspecified atom stereocenters. The van der Waals surface area contributed by atoms with E-state index in [-0.39, 0.29) is 0 Å². The molecule has 1 saturated carbocycles. The van der Waals surface area contributed by atoms with Crippen LogP contribution in [0, 0.1) is 23.7 Å². The molecule has 1 rings (SSSR count). The van der Waals surface area contributed by atoms with Crippen LogP contribution in [-0.2, 0) is 0 Å². The van der Waals surface area contributed by atoms with Gasteiger partial charge in [-0.1, -0.05) is 47.0 Å². The summed E-state index contributed by atoms with van der Waals surface area (Å²) in [6, 6.07) is 0. The Morgan fingerprint density at radius 2 is 1.69 bits per heavy atom. The fourth-order valence-corrected chi connectivity index (χ4v) is 2.74. The van der Waals surface area contributed by atoms with Crippen LogP contribution in [0.25, 0.3) is 0 Å². The van der Waals surface area contributed by atoms with E-state index in [1.807, 2.05) is 0 Å². The number of rotatable bonds is 4. The molecule has 0 radical (unpaired) electrons. The number of hydrogen-bond acceptors (Lipinski definition) is 0. The highest BCUT2D eigenvalue weighted by atomic mass is 14.4. The summed E-state index contributed by atoms with van der Waals surface area (Å²) in [5.74, 6) is 3.98. The van der Waals surface area contributed by atoms with E-state index in [4.69, 9.17) is 0 Å². The standard InChI is InChI=1S/C13H26/c1-5-6-7-10(2)13-8-11(3)12(4)9-13/h10-13H,5-9H2,1-4H3/t10-,11-,12+,13?/m0/s1.